The van der Waals surface area contributed by atoms with Crippen LogP contribution in [0.15, 0.2) is 30.3 Å². The first-order valence-electron chi connectivity index (χ1n) is 12.0. The summed E-state index contributed by atoms with van der Waals surface area (Å²) in [5, 5.41) is 0. The van der Waals surface area contributed by atoms with Crippen LogP contribution in [0.5, 0.6) is 0 Å². The van der Waals surface area contributed by atoms with E-state index in [1.165, 1.54) is 44.9 Å². The van der Waals surface area contributed by atoms with Gasteiger partial charge in [-0.2, -0.15) is 0 Å². The van der Waals surface area contributed by atoms with Gasteiger partial charge in [0.1, 0.15) is 11.7 Å². The molecule has 0 aliphatic carbocycles. The van der Waals surface area contributed by atoms with Crippen LogP contribution in [0.4, 0.5) is 0 Å². The van der Waals surface area contributed by atoms with Crippen LogP contribution in [0.3, 0.4) is 0 Å². The van der Waals surface area contributed by atoms with Gasteiger partial charge in [-0.25, -0.2) is 4.79 Å². The minimum absolute atomic E-state index is 0.400. The van der Waals surface area contributed by atoms with Crippen molar-refractivity contribution in [3.05, 3.63) is 35.9 Å². The number of ether oxygens (including phenoxy) is 4. The summed E-state index contributed by atoms with van der Waals surface area (Å²) in [6.07, 6.45) is 10.7. The Balaban J connectivity index is 1.95. The Labute approximate surface area is 188 Å². The second-order valence-electron chi connectivity index (χ2n) is 9.47. The van der Waals surface area contributed by atoms with E-state index in [1.807, 2.05) is 51.1 Å². The van der Waals surface area contributed by atoms with Crippen molar-refractivity contribution in [2.75, 3.05) is 7.11 Å². The van der Waals surface area contributed by atoms with Gasteiger partial charge >= 0.3 is 11.9 Å². The summed E-state index contributed by atoms with van der Waals surface area (Å²) in [6, 6.07) is 9.50. The molecular weight excluding hydrogens is 392 g/mol. The summed E-state index contributed by atoms with van der Waals surface area (Å²) >= 11 is 0. The predicted molar refractivity (Wildman–Crippen MR) is 123 cm³/mol. The largest absolute Gasteiger partial charge is 0.458 e. The molecule has 5 nitrogen and oxygen atoms in total. The van der Waals surface area contributed by atoms with Gasteiger partial charge in [-0.3, -0.25) is 0 Å². The highest BCUT2D eigenvalue weighted by atomic mass is 16.9. The molecule has 1 heterocycles. The number of carbonyl (C=O) groups excluding carboxylic acids is 1. The number of hydrogen-bond donors (Lipinski definition) is 0. The van der Waals surface area contributed by atoms with Crippen molar-refractivity contribution in [2.45, 2.75) is 116 Å². The Bertz CT molecular complexity index is 639. The van der Waals surface area contributed by atoms with Gasteiger partial charge in [0.2, 0.25) is 0 Å². The van der Waals surface area contributed by atoms with Crippen molar-refractivity contribution in [1.82, 2.24) is 0 Å². The van der Waals surface area contributed by atoms with Gasteiger partial charge in [0.25, 0.3) is 0 Å². The Kier molecular flexibility index (Phi) is 10.5. The van der Waals surface area contributed by atoms with Gasteiger partial charge in [0.05, 0.1) is 0 Å². The molecule has 0 spiro atoms. The summed E-state index contributed by atoms with van der Waals surface area (Å²) in [5.74, 6) is -1.78. The summed E-state index contributed by atoms with van der Waals surface area (Å²) in [5.41, 5.74) is 0.147. The van der Waals surface area contributed by atoms with Crippen LogP contribution in [0.25, 0.3) is 0 Å². The van der Waals surface area contributed by atoms with Gasteiger partial charge < -0.3 is 18.9 Å². The third-order valence-corrected chi connectivity index (χ3v) is 5.55. The van der Waals surface area contributed by atoms with E-state index in [4.69, 9.17) is 18.9 Å². The molecule has 176 valence electrons. The Hall–Kier alpha value is -1.43. The number of hydrogen-bond acceptors (Lipinski definition) is 5. The summed E-state index contributed by atoms with van der Waals surface area (Å²) in [7, 11) is 1.54. The third kappa shape index (κ3) is 8.21. The highest BCUT2D eigenvalue weighted by Gasteiger charge is 2.53. The molecule has 1 fully saturated rings. The molecule has 0 aromatic heterocycles. The lowest BCUT2D eigenvalue weighted by molar-refractivity contribution is -0.342. The maximum atomic E-state index is 12.9. The first-order chi connectivity index (χ1) is 14.8. The molecule has 0 amide bonds. The van der Waals surface area contributed by atoms with Crippen LogP contribution < -0.4 is 0 Å². The molecule has 1 aromatic carbocycles. The lowest BCUT2D eigenvalue weighted by Gasteiger charge is -2.26. The lowest BCUT2D eigenvalue weighted by atomic mass is 10.0. The van der Waals surface area contributed by atoms with Crippen molar-refractivity contribution in [2.24, 2.45) is 0 Å². The molecule has 1 aromatic rings. The quantitative estimate of drug-likeness (QED) is 0.262. The van der Waals surface area contributed by atoms with Crippen LogP contribution in [-0.4, -0.2) is 30.9 Å². The second-order valence-corrected chi connectivity index (χ2v) is 9.47. The highest BCUT2D eigenvalue weighted by Crippen LogP contribution is 2.40. The molecule has 31 heavy (non-hydrogen) atoms. The zero-order valence-corrected chi connectivity index (χ0v) is 20.2. The molecule has 0 N–H and O–H groups in total. The van der Waals surface area contributed by atoms with Crippen molar-refractivity contribution < 1.29 is 23.7 Å². The van der Waals surface area contributed by atoms with E-state index in [9.17, 15) is 4.79 Å². The van der Waals surface area contributed by atoms with Crippen molar-refractivity contribution in [1.29, 1.82) is 0 Å². The van der Waals surface area contributed by atoms with Crippen LogP contribution in [0.1, 0.15) is 97.5 Å². The van der Waals surface area contributed by atoms with E-state index in [1.54, 1.807) is 7.11 Å². The van der Waals surface area contributed by atoms with E-state index in [2.05, 4.69) is 6.92 Å². The molecule has 5 heteroatoms. The van der Waals surface area contributed by atoms with Crippen LogP contribution in [-0.2, 0) is 29.7 Å². The summed E-state index contributed by atoms with van der Waals surface area (Å²) in [4.78, 5) is 12.9. The van der Waals surface area contributed by atoms with Crippen LogP contribution >= 0.6 is 0 Å². The Morgan fingerprint density at radius 3 is 2.06 bits per heavy atom. The van der Waals surface area contributed by atoms with Crippen molar-refractivity contribution in [3.8, 4) is 0 Å². The van der Waals surface area contributed by atoms with Gasteiger partial charge in [-0.1, -0.05) is 95.0 Å². The Morgan fingerprint density at radius 1 is 0.935 bits per heavy atom. The topological polar surface area (TPSA) is 54.0 Å². The third-order valence-electron chi connectivity index (χ3n) is 5.55. The fraction of sp³-hybridized carbons (Fsp3) is 0.731. The van der Waals surface area contributed by atoms with E-state index in [0.717, 1.165) is 24.8 Å². The Morgan fingerprint density at radius 2 is 1.52 bits per heavy atom. The normalized spacial score (nSPS) is 23.8. The maximum absolute atomic E-state index is 12.9. The maximum Gasteiger partial charge on any atom is 0.338 e. The summed E-state index contributed by atoms with van der Waals surface area (Å²) in [6.45, 7) is 7.82. The number of carbonyl (C=O) groups is 1. The van der Waals surface area contributed by atoms with Gasteiger partial charge in [0, 0.05) is 12.7 Å². The van der Waals surface area contributed by atoms with Gasteiger partial charge in [-0.15, -0.1) is 0 Å². The smallest absolute Gasteiger partial charge is 0.338 e. The second kappa shape index (κ2) is 12.6. The van der Waals surface area contributed by atoms with Crippen LogP contribution in [0, 0.1) is 0 Å². The molecular formula is C26H42O5. The zero-order valence-electron chi connectivity index (χ0n) is 20.2. The molecule has 1 unspecified atom stereocenters. The molecule has 1 aliphatic rings. The lowest BCUT2D eigenvalue weighted by Crippen LogP contribution is -2.38. The number of esters is 1. The van der Waals surface area contributed by atoms with Crippen molar-refractivity contribution >= 4 is 5.97 Å². The van der Waals surface area contributed by atoms with E-state index < -0.39 is 29.8 Å². The van der Waals surface area contributed by atoms with Crippen molar-refractivity contribution in [3.63, 3.8) is 0 Å². The summed E-state index contributed by atoms with van der Waals surface area (Å²) < 4.78 is 23.7. The highest BCUT2D eigenvalue weighted by molar-refractivity contribution is 5.76. The molecule has 0 radical (unpaired) electrons. The van der Waals surface area contributed by atoms with E-state index in [0.29, 0.717) is 0 Å². The first kappa shape index (κ1) is 25.8. The van der Waals surface area contributed by atoms with E-state index in [-0.39, 0.29) is 0 Å². The van der Waals surface area contributed by atoms with E-state index >= 15 is 0 Å². The average molecular weight is 435 g/mol. The molecule has 1 aliphatic heterocycles. The van der Waals surface area contributed by atoms with Crippen LogP contribution in [0.2, 0.25) is 0 Å². The fourth-order valence-corrected chi connectivity index (χ4v) is 3.95. The minimum Gasteiger partial charge on any atom is -0.458 e. The van der Waals surface area contributed by atoms with Gasteiger partial charge in [-0.05, 0) is 27.2 Å². The molecule has 0 bridgehead atoms. The zero-order chi connectivity index (χ0) is 22.7. The fourth-order valence-electron chi connectivity index (χ4n) is 3.95. The molecule has 3 atom stereocenters. The first-order valence-corrected chi connectivity index (χ1v) is 12.0. The molecule has 1 saturated heterocycles. The SMILES string of the molecule is CCCCCCCCCCC[C@@H]1OC(OC)(c2ccccc2)O[C@H]1C(=O)OC(C)(C)C. The average Bonchev–Trinajstić information content (AvgIpc) is 3.12. The number of rotatable bonds is 13. The number of unbranched alkanes of at least 4 members (excludes halogenated alkanes) is 8. The monoisotopic (exact) mass is 434 g/mol. The predicted octanol–water partition coefficient (Wildman–Crippen LogP) is 6.49. The molecule has 2 rings (SSSR count). The standard InChI is InChI=1S/C26H42O5/c1-6-7-8-9-10-11-12-13-17-20-22-23(24(27)31-25(2,3)4)30-26(28-5,29-22)21-18-15-14-16-19-21/h14-16,18-19,22-23H,6-13,17,20H2,1-5H3/t22-,23+,26?/m0/s1. The minimum atomic E-state index is -1.38. The number of methoxy groups -OCH3 is 1. The molecule has 0 saturated carbocycles. The number of benzene rings is 1. The van der Waals surface area contributed by atoms with Gasteiger partial charge in [0.15, 0.2) is 6.10 Å².